The molecule has 1 N–H and O–H groups in total. The number of ether oxygens (including phenoxy) is 4. The van der Waals surface area contributed by atoms with E-state index in [1.54, 1.807) is 6.92 Å². The van der Waals surface area contributed by atoms with E-state index >= 15 is 0 Å². The molecular formula is C17H27N3O6. The topological polar surface area (TPSA) is 109 Å². The maximum Gasteiger partial charge on any atom is 0.254 e. The number of hydrogen-bond donors (Lipinski definition) is 1. The predicted molar refractivity (Wildman–Crippen MR) is 93.1 cm³/mol. The Morgan fingerprint density at radius 3 is 1.96 bits per heavy atom. The molecule has 1 aromatic rings. The first-order valence-corrected chi connectivity index (χ1v) is 8.55. The Balaban J connectivity index is 1.83. The van der Waals surface area contributed by atoms with Crippen LogP contribution in [-0.2, 0) is 23.7 Å². The lowest BCUT2D eigenvalue weighted by Gasteiger charge is -2.08. The second-order valence-electron chi connectivity index (χ2n) is 5.18. The minimum absolute atomic E-state index is 0.225. The number of hydrogen-bond acceptors (Lipinski definition) is 8. The third-order valence-electron chi connectivity index (χ3n) is 3.07. The van der Waals surface area contributed by atoms with Crippen LogP contribution in [0.2, 0.25) is 0 Å². The van der Waals surface area contributed by atoms with Crippen molar-refractivity contribution in [3.8, 4) is 0 Å². The van der Waals surface area contributed by atoms with Crippen LogP contribution in [0.4, 0.5) is 0 Å². The summed E-state index contributed by atoms with van der Waals surface area (Å²) < 4.78 is 21.2. The van der Waals surface area contributed by atoms with Crippen LogP contribution >= 0.6 is 0 Å². The lowest BCUT2D eigenvalue weighted by Crippen LogP contribution is -2.28. The first kappa shape index (κ1) is 22.1. The number of nitrogens with one attached hydrogen (secondary N) is 1. The van der Waals surface area contributed by atoms with Crippen LogP contribution in [0.15, 0.2) is 12.4 Å². The fourth-order valence-corrected chi connectivity index (χ4v) is 1.74. The van der Waals surface area contributed by atoms with Gasteiger partial charge in [0.2, 0.25) is 0 Å². The van der Waals surface area contributed by atoms with Crippen molar-refractivity contribution < 1.29 is 28.5 Å². The SMILES string of the molecule is Cc1ncc(C(=O)NCCOCCOCCOCCOCCC=O)cn1. The maximum atomic E-state index is 11.8. The number of aromatic nitrogens is 2. The van der Waals surface area contributed by atoms with Crippen molar-refractivity contribution in [3.63, 3.8) is 0 Å². The molecule has 9 heteroatoms. The van der Waals surface area contributed by atoms with E-state index in [1.165, 1.54) is 12.4 Å². The van der Waals surface area contributed by atoms with Gasteiger partial charge in [0.15, 0.2) is 0 Å². The number of aryl methyl sites for hydroxylation is 1. The lowest BCUT2D eigenvalue weighted by molar-refractivity contribution is -0.108. The van der Waals surface area contributed by atoms with E-state index in [1.807, 2.05) is 0 Å². The highest BCUT2D eigenvalue weighted by Gasteiger charge is 2.05. The zero-order valence-electron chi connectivity index (χ0n) is 15.1. The highest BCUT2D eigenvalue weighted by molar-refractivity contribution is 5.93. The molecule has 1 aromatic heterocycles. The molecule has 1 amide bonds. The van der Waals surface area contributed by atoms with Crippen molar-refractivity contribution >= 4 is 12.2 Å². The fraction of sp³-hybridized carbons (Fsp3) is 0.647. The molecule has 0 bridgehead atoms. The van der Waals surface area contributed by atoms with Gasteiger partial charge < -0.3 is 29.1 Å². The highest BCUT2D eigenvalue weighted by atomic mass is 16.6. The van der Waals surface area contributed by atoms with E-state index in [-0.39, 0.29) is 5.91 Å². The van der Waals surface area contributed by atoms with Gasteiger partial charge in [-0.05, 0) is 6.92 Å². The third kappa shape index (κ3) is 11.6. The number of nitrogens with zero attached hydrogens (tertiary/aromatic N) is 2. The monoisotopic (exact) mass is 369 g/mol. The summed E-state index contributed by atoms with van der Waals surface area (Å²) >= 11 is 0. The number of amides is 1. The van der Waals surface area contributed by atoms with Crippen LogP contribution in [0, 0.1) is 6.92 Å². The predicted octanol–water partition coefficient (Wildman–Crippen LogP) is 0.170. The van der Waals surface area contributed by atoms with Gasteiger partial charge in [0.25, 0.3) is 5.91 Å². The van der Waals surface area contributed by atoms with E-state index in [2.05, 4.69) is 15.3 Å². The van der Waals surface area contributed by atoms with Gasteiger partial charge in [0, 0.05) is 25.4 Å². The number of aldehydes is 1. The summed E-state index contributed by atoms with van der Waals surface area (Å²) in [7, 11) is 0. The van der Waals surface area contributed by atoms with Gasteiger partial charge in [-0.3, -0.25) is 4.79 Å². The number of carbonyl (C=O) groups is 2. The summed E-state index contributed by atoms with van der Waals surface area (Å²) in [5.41, 5.74) is 0.424. The molecule has 0 radical (unpaired) electrons. The van der Waals surface area contributed by atoms with E-state index < -0.39 is 0 Å². The largest absolute Gasteiger partial charge is 0.379 e. The van der Waals surface area contributed by atoms with Crippen molar-refractivity contribution in [1.82, 2.24) is 15.3 Å². The molecule has 26 heavy (non-hydrogen) atoms. The van der Waals surface area contributed by atoms with Crippen LogP contribution in [0.25, 0.3) is 0 Å². The molecular weight excluding hydrogens is 342 g/mol. The molecule has 0 aromatic carbocycles. The molecule has 0 fully saturated rings. The average molecular weight is 369 g/mol. The van der Waals surface area contributed by atoms with E-state index in [4.69, 9.17) is 18.9 Å². The van der Waals surface area contributed by atoms with Gasteiger partial charge in [-0.1, -0.05) is 0 Å². The van der Waals surface area contributed by atoms with Crippen LogP contribution in [0.5, 0.6) is 0 Å². The molecule has 1 heterocycles. The summed E-state index contributed by atoms with van der Waals surface area (Å²) in [4.78, 5) is 29.8. The minimum atomic E-state index is -0.225. The first-order valence-electron chi connectivity index (χ1n) is 8.55. The second-order valence-corrected chi connectivity index (χ2v) is 5.18. The fourth-order valence-electron chi connectivity index (χ4n) is 1.74. The Bertz CT molecular complexity index is 498. The Morgan fingerprint density at radius 1 is 0.923 bits per heavy atom. The molecule has 0 spiro atoms. The summed E-state index contributed by atoms with van der Waals surface area (Å²) in [5, 5.41) is 2.73. The maximum absolute atomic E-state index is 11.8. The molecule has 0 aliphatic carbocycles. The van der Waals surface area contributed by atoms with Gasteiger partial charge >= 0.3 is 0 Å². The smallest absolute Gasteiger partial charge is 0.254 e. The molecule has 0 saturated heterocycles. The van der Waals surface area contributed by atoms with Crippen molar-refractivity contribution in [1.29, 1.82) is 0 Å². The van der Waals surface area contributed by atoms with E-state index in [9.17, 15) is 9.59 Å². The third-order valence-corrected chi connectivity index (χ3v) is 3.07. The van der Waals surface area contributed by atoms with E-state index in [0.717, 1.165) is 6.29 Å². The Kier molecular flexibility index (Phi) is 13.0. The summed E-state index contributed by atoms with van der Waals surface area (Å²) in [6.07, 6.45) is 4.22. The number of carbonyl (C=O) groups excluding carboxylic acids is 2. The van der Waals surface area contributed by atoms with Gasteiger partial charge in [0.1, 0.15) is 12.1 Å². The van der Waals surface area contributed by atoms with Gasteiger partial charge in [-0.15, -0.1) is 0 Å². The first-order chi connectivity index (χ1) is 12.7. The van der Waals surface area contributed by atoms with E-state index in [0.29, 0.717) is 77.2 Å². The lowest BCUT2D eigenvalue weighted by atomic mass is 10.3. The van der Waals surface area contributed by atoms with Crippen molar-refractivity contribution in [2.75, 3.05) is 59.4 Å². The molecule has 0 aliphatic rings. The minimum Gasteiger partial charge on any atom is -0.379 e. The highest BCUT2D eigenvalue weighted by Crippen LogP contribution is 1.94. The van der Waals surface area contributed by atoms with Crippen molar-refractivity contribution in [2.45, 2.75) is 13.3 Å². The zero-order valence-corrected chi connectivity index (χ0v) is 15.1. The molecule has 0 saturated carbocycles. The molecule has 0 aliphatic heterocycles. The average Bonchev–Trinajstić information content (AvgIpc) is 2.65. The standard InChI is InChI=1S/C17H27N3O6/c1-15-19-13-16(14-20-15)17(22)18-3-6-24-8-10-26-12-11-25-9-7-23-5-2-4-21/h4,13-14H,2-3,5-12H2,1H3,(H,18,22). The van der Waals surface area contributed by atoms with Gasteiger partial charge in [-0.25, -0.2) is 9.97 Å². The van der Waals surface area contributed by atoms with Crippen LogP contribution in [-0.4, -0.2) is 81.6 Å². The molecule has 1 rings (SSSR count). The zero-order chi connectivity index (χ0) is 18.9. The normalized spacial score (nSPS) is 10.7. The molecule has 146 valence electrons. The summed E-state index contributed by atoms with van der Waals surface area (Å²) in [6, 6.07) is 0. The second kappa shape index (κ2) is 15.3. The van der Waals surface area contributed by atoms with Crippen molar-refractivity contribution in [2.24, 2.45) is 0 Å². The van der Waals surface area contributed by atoms with Gasteiger partial charge in [0.05, 0.1) is 58.4 Å². The Hall–Kier alpha value is -1.94. The van der Waals surface area contributed by atoms with Crippen molar-refractivity contribution in [3.05, 3.63) is 23.8 Å². The Morgan fingerprint density at radius 2 is 1.42 bits per heavy atom. The number of rotatable bonds is 16. The quantitative estimate of drug-likeness (QED) is 0.324. The molecule has 0 atom stereocenters. The van der Waals surface area contributed by atoms with Crippen LogP contribution in [0.3, 0.4) is 0 Å². The summed E-state index contributed by atoms with van der Waals surface area (Å²) in [5.74, 6) is 0.398. The summed E-state index contributed by atoms with van der Waals surface area (Å²) in [6.45, 7) is 5.79. The molecule has 0 unspecified atom stereocenters. The van der Waals surface area contributed by atoms with Crippen LogP contribution in [0.1, 0.15) is 22.6 Å². The molecule has 9 nitrogen and oxygen atoms in total. The van der Waals surface area contributed by atoms with Crippen LogP contribution < -0.4 is 5.32 Å². The van der Waals surface area contributed by atoms with Gasteiger partial charge in [-0.2, -0.15) is 0 Å². The Labute approximate surface area is 153 Å².